The Morgan fingerprint density at radius 1 is 0.960 bits per heavy atom. The maximum atomic E-state index is 12.3. The first kappa shape index (κ1) is 19.0. The number of carbonyl (C=O) groups excluding carboxylic acids is 2. The van der Waals surface area contributed by atoms with Crippen molar-refractivity contribution in [3.8, 4) is 0 Å². The van der Waals surface area contributed by atoms with E-state index < -0.39 is 6.04 Å². The maximum Gasteiger partial charge on any atom is 0.251 e. The number of halogens is 1. The lowest BCUT2D eigenvalue weighted by atomic mass is 9.87. The van der Waals surface area contributed by atoms with Crippen molar-refractivity contribution in [2.75, 3.05) is 5.32 Å². The summed E-state index contributed by atoms with van der Waals surface area (Å²) < 4.78 is 0. The second-order valence-corrected chi connectivity index (χ2v) is 7.46. The van der Waals surface area contributed by atoms with Crippen molar-refractivity contribution >= 4 is 29.1 Å². The third-order valence-electron chi connectivity index (χ3n) is 3.87. The molecule has 0 bridgehead atoms. The Bertz CT molecular complexity index is 747. The van der Waals surface area contributed by atoms with Gasteiger partial charge in [0.05, 0.1) is 0 Å². The predicted molar refractivity (Wildman–Crippen MR) is 102 cm³/mol. The van der Waals surface area contributed by atoms with Gasteiger partial charge in [0.1, 0.15) is 6.04 Å². The molecule has 2 rings (SSSR count). The van der Waals surface area contributed by atoms with E-state index in [-0.39, 0.29) is 17.2 Å². The molecule has 0 aliphatic carbocycles. The molecule has 0 aliphatic rings. The summed E-state index contributed by atoms with van der Waals surface area (Å²) in [6.07, 6.45) is 0. The van der Waals surface area contributed by atoms with E-state index in [4.69, 9.17) is 11.6 Å². The topological polar surface area (TPSA) is 58.2 Å². The molecule has 2 aromatic rings. The number of anilines is 1. The van der Waals surface area contributed by atoms with Crippen LogP contribution in [0.4, 0.5) is 5.69 Å². The summed E-state index contributed by atoms with van der Waals surface area (Å²) >= 11 is 5.81. The van der Waals surface area contributed by atoms with Crippen LogP contribution >= 0.6 is 11.6 Å². The van der Waals surface area contributed by atoms with Gasteiger partial charge in [-0.25, -0.2) is 0 Å². The maximum absolute atomic E-state index is 12.3. The minimum Gasteiger partial charge on any atom is -0.341 e. The molecule has 132 valence electrons. The highest BCUT2D eigenvalue weighted by Gasteiger charge is 2.17. The Hall–Kier alpha value is -2.33. The van der Waals surface area contributed by atoms with Gasteiger partial charge in [0, 0.05) is 16.3 Å². The number of amides is 2. The Kier molecular flexibility index (Phi) is 5.85. The average Bonchev–Trinajstić information content (AvgIpc) is 2.55. The van der Waals surface area contributed by atoms with Crippen molar-refractivity contribution in [2.45, 2.75) is 39.2 Å². The first-order valence-electron chi connectivity index (χ1n) is 8.14. The van der Waals surface area contributed by atoms with E-state index in [0.29, 0.717) is 16.3 Å². The van der Waals surface area contributed by atoms with Gasteiger partial charge in [-0.2, -0.15) is 0 Å². The van der Waals surface area contributed by atoms with Crippen LogP contribution in [0.15, 0.2) is 48.5 Å². The molecule has 1 atom stereocenters. The van der Waals surface area contributed by atoms with Crippen molar-refractivity contribution in [3.63, 3.8) is 0 Å². The first-order valence-corrected chi connectivity index (χ1v) is 8.52. The molecule has 0 fully saturated rings. The lowest BCUT2D eigenvalue weighted by Crippen LogP contribution is -2.41. The quantitative estimate of drug-likeness (QED) is 0.851. The molecule has 2 amide bonds. The normalized spacial score (nSPS) is 12.4. The van der Waals surface area contributed by atoms with Gasteiger partial charge in [-0.15, -0.1) is 0 Å². The summed E-state index contributed by atoms with van der Waals surface area (Å²) in [4.78, 5) is 24.4. The minimum atomic E-state index is -0.662. The Morgan fingerprint density at radius 3 is 2.04 bits per heavy atom. The fourth-order valence-electron chi connectivity index (χ4n) is 2.25. The van der Waals surface area contributed by atoms with Gasteiger partial charge >= 0.3 is 0 Å². The Labute approximate surface area is 153 Å². The number of benzene rings is 2. The van der Waals surface area contributed by atoms with Crippen molar-refractivity contribution in [1.29, 1.82) is 0 Å². The predicted octanol–water partition coefficient (Wildman–Crippen LogP) is 4.39. The third kappa shape index (κ3) is 5.33. The fourth-order valence-corrected chi connectivity index (χ4v) is 2.38. The molecular weight excluding hydrogens is 336 g/mol. The molecule has 1 unspecified atom stereocenters. The third-order valence-corrected chi connectivity index (χ3v) is 4.12. The van der Waals surface area contributed by atoms with Gasteiger partial charge in [-0.3, -0.25) is 9.59 Å². The van der Waals surface area contributed by atoms with E-state index in [1.807, 2.05) is 24.3 Å². The zero-order valence-corrected chi connectivity index (χ0v) is 15.6. The van der Waals surface area contributed by atoms with Crippen molar-refractivity contribution < 1.29 is 9.59 Å². The second-order valence-electron chi connectivity index (χ2n) is 7.02. The van der Waals surface area contributed by atoms with E-state index in [0.717, 1.165) is 0 Å². The van der Waals surface area contributed by atoms with Crippen molar-refractivity contribution in [2.24, 2.45) is 0 Å². The van der Waals surface area contributed by atoms with Gasteiger partial charge in [0.25, 0.3) is 5.91 Å². The summed E-state index contributed by atoms with van der Waals surface area (Å²) in [6, 6.07) is 13.6. The first-order chi connectivity index (χ1) is 11.7. The highest BCUT2D eigenvalue weighted by Crippen LogP contribution is 2.23. The molecule has 2 N–H and O–H groups in total. The molecule has 4 nitrogen and oxygen atoms in total. The van der Waals surface area contributed by atoms with Crippen LogP contribution < -0.4 is 10.6 Å². The summed E-state index contributed by atoms with van der Waals surface area (Å²) in [5.41, 5.74) is 2.40. The molecule has 0 spiro atoms. The van der Waals surface area contributed by atoms with Crippen molar-refractivity contribution in [3.05, 3.63) is 64.7 Å². The Balaban J connectivity index is 1.95. The highest BCUT2D eigenvalue weighted by molar-refractivity contribution is 6.30. The largest absolute Gasteiger partial charge is 0.341 e. The van der Waals surface area contributed by atoms with Gasteiger partial charge in [-0.1, -0.05) is 44.5 Å². The van der Waals surface area contributed by atoms with Crippen LogP contribution in [-0.2, 0) is 10.2 Å². The molecule has 0 radical (unpaired) electrons. The van der Waals surface area contributed by atoms with E-state index in [1.54, 1.807) is 31.2 Å². The molecule has 0 aliphatic heterocycles. The molecule has 0 saturated heterocycles. The van der Waals surface area contributed by atoms with Crippen LogP contribution in [0.2, 0.25) is 5.02 Å². The summed E-state index contributed by atoms with van der Waals surface area (Å²) in [6.45, 7) is 8.05. The number of hydrogen-bond acceptors (Lipinski definition) is 2. The van der Waals surface area contributed by atoms with Gasteiger partial charge in [0.15, 0.2) is 0 Å². The second kappa shape index (κ2) is 7.70. The lowest BCUT2D eigenvalue weighted by molar-refractivity contribution is -0.117. The summed E-state index contributed by atoms with van der Waals surface area (Å²) in [5, 5.41) is 6.05. The standard InChI is InChI=1S/C20H23ClN2O2/c1-13(22-19(25)14-5-9-16(21)10-6-14)18(24)23-17-11-7-15(8-12-17)20(2,3)4/h5-13H,1-4H3,(H,22,25)(H,23,24). The van der Waals surface area contributed by atoms with E-state index >= 15 is 0 Å². The van der Waals surface area contributed by atoms with Crippen molar-refractivity contribution in [1.82, 2.24) is 5.32 Å². The molecule has 0 aromatic heterocycles. The van der Waals surface area contributed by atoms with Crippen LogP contribution in [0, 0.1) is 0 Å². The molecule has 0 saturated carbocycles. The SMILES string of the molecule is CC(NC(=O)c1ccc(Cl)cc1)C(=O)Nc1ccc(C(C)(C)C)cc1. The van der Waals surface area contributed by atoms with E-state index in [2.05, 4.69) is 31.4 Å². The zero-order valence-electron chi connectivity index (χ0n) is 14.9. The molecular formula is C20H23ClN2O2. The van der Waals surface area contributed by atoms with Crippen LogP contribution in [0.3, 0.4) is 0 Å². The molecule has 5 heteroatoms. The average molecular weight is 359 g/mol. The lowest BCUT2D eigenvalue weighted by Gasteiger charge is -2.19. The minimum absolute atomic E-state index is 0.0579. The molecule has 0 heterocycles. The number of carbonyl (C=O) groups is 2. The van der Waals surface area contributed by atoms with Crippen LogP contribution in [0.5, 0.6) is 0 Å². The molecule has 25 heavy (non-hydrogen) atoms. The van der Waals surface area contributed by atoms with Gasteiger partial charge in [0.2, 0.25) is 5.91 Å². The van der Waals surface area contributed by atoms with Gasteiger partial charge < -0.3 is 10.6 Å². The molecule has 2 aromatic carbocycles. The van der Waals surface area contributed by atoms with E-state index in [1.165, 1.54) is 5.56 Å². The number of rotatable bonds is 4. The zero-order chi connectivity index (χ0) is 18.6. The van der Waals surface area contributed by atoms with E-state index in [9.17, 15) is 9.59 Å². The Morgan fingerprint density at radius 2 is 1.52 bits per heavy atom. The van der Waals surface area contributed by atoms with Crippen LogP contribution in [0.1, 0.15) is 43.6 Å². The number of hydrogen-bond donors (Lipinski definition) is 2. The van der Waals surface area contributed by atoms with Crippen LogP contribution in [-0.4, -0.2) is 17.9 Å². The smallest absolute Gasteiger partial charge is 0.251 e. The monoisotopic (exact) mass is 358 g/mol. The highest BCUT2D eigenvalue weighted by atomic mass is 35.5. The fraction of sp³-hybridized carbons (Fsp3) is 0.300. The summed E-state index contributed by atoms with van der Waals surface area (Å²) in [7, 11) is 0. The summed E-state index contributed by atoms with van der Waals surface area (Å²) in [5.74, 6) is -0.590. The number of nitrogens with one attached hydrogen (secondary N) is 2. The van der Waals surface area contributed by atoms with Crippen LogP contribution in [0.25, 0.3) is 0 Å². The van der Waals surface area contributed by atoms with Gasteiger partial charge in [-0.05, 0) is 54.3 Å².